The molecule has 1 rings (SSSR count). The first-order valence-electron chi connectivity index (χ1n) is 6.22. The molecule has 0 radical (unpaired) electrons. The summed E-state index contributed by atoms with van der Waals surface area (Å²) in [5.74, 6) is 0.589. The molecular formula is C13H21N3O2. The molecule has 1 aromatic heterocycles. The minimum atomic E-state index is 0.0109. The molecule has 5 nitrogen and oxygen atoms in total. The van der Waals surface area contributed by atoms with Crippen LogP contribution in [0.1, 0.15) is 37.9 Å². The summed E-state index contributed by atoms with van der Waals surface area (Å²) in [5.41, 5.74) is 6.87. The van der Waals surface area contributed by atoms with Crippen molar-refractivity contribution in [3.8, 4) is 0 Å². The van der Waals surface area contributed by atoms with Crippen molar-refractivity contribution < 1.29 is 9.94 Å². The third-order valence-electron chi connectivity index (χ3n) is 3.01. The molecule has 0 spiro atoms. The van der Waals surface area contributed by atoms with Crippen molar-refractivity contribution in [2.24, 2.45) is 16.8 Å². The molecule has 0 unspecified atom stereocenters. The van der Waals surface area contributed by atoms with E-state index in [1.807, 2.05) is 12.1 Å². The van der Waals surface area contributed by atoms with E-state index in [0.717, 1.165) is 25.0 Å². The molecule has 100 valence electrons. The molecule has 0 fully saturated rings. The Hall–Kier alpha value is -1.62. The van der Waals surface area contributed by atoms with Gasteiger partial charge in [0.1, 0.15) is 5.69 Å². The van der Waals surface area contributed by atoms with Gasteiger partial charge in [0.05, 0.1) is 6.61 Å². The van der Waals surface area contributed by atoms with Crippen LogP contribution in [0, 0.1) is 5.92 Å². The summed E-state index contributed by atoms with van der Waals surface area (Å²) >= 11 is 0. The lowest BCUT2D eigenvalue weighted by molar-refractivity contribution is 0.0841. The summed E-state index contributed by atoms with van der Waals surface area (Å²) in [6, 6.07) is 3.68. The molecule has 1 heterocycles. The van der Waals surface area contributed by atoms with Gasteiger partial charge in [0.25, 0.3) is 0 Å². The molecule has 0 bridgehead atoms. The molecule has 1 aromatic rings. The fourth-order valence-corrected chi connectivity index (χ4v) is 1.69. The summed E-state index contributed by atoms with van der Waals surface area (Å²) in [7, 11) is 0. The van der Waals surface area contributed by atoms with E-state index in [-0.39, 0.29) is 5.84 Å². The van der Waals surface area contributed by atoms with Gasteiger partial charge in [-0.15, -0.1) is 0 Å². The van der Waals surface area contributed by atoms with E-state index in [0.29, 0.717) is 18.2 Å². The summed E-state index contributed by atoms with van der Waals surface area (Å²) < 4.78 is 5.67. The van der Waals surface area contributed by atoms with E-state index in [1.165, 1.54) is 0 Å². The van der Waals surface area contributed by atoms with Crippen LogP contribution in [0.15, 0.2) is 23.5 Å². The maximum atomic E-state index is 8.68. The van der Waals surface area contributed by atoms with E-state index in [4.69, 9.17) is 15.7 Å². The quantitative estimate of drug-likeness (QED) is 0.337. The van der Waals surface area contributed by atoms with E-state index in [9.17, 15) is 0 Å². The van der Waals surface area contributed by atoms with Crippen molar-refractivity contribution in [1.29, 1.82) is 0 Å². The number of hydrogen-bond donors (Lipinski definition) is 2. The normalized spacial score (nSPS) is 12.1. The Balaban J connectivity index is 2.62. The molecule has 0 atom stereocenters. The third kappa shape index (κ3) is 4.00. The Labute approximate surface area is 108 Å². The lowest BCUT2D eigenvalue weighted by Crippen LogP contribution is -2.18. The van der Waals surface area contributed by atoms with Gasteiger partial charge in [-0.2, -0.15) is 0 Å². The first-order chi connectivity index (χ1) is 8.72. The van der Waals surface area contributed by atoms with Crippen LogP contribution in [-0.2, 0) is 11.3 Å². The first-order valence-corrected chi connectivity index (χ1v) is 6.22. The van der Waals surface area contributed by atoms with Crippen LogP contribution in [0.3, 0.4) is 0 Å². The van der Waals surface area contributed by atoms with Crippen LogP contribution in [-0.4, -0.2) is 22.6 Å². The van der Waals surface area contributed by atoms with Crippen LogP contribution < -0.4 is 5.73 Å². The molecule has 0 aliphatic carbocycles. The number of oxime groups is 1. The van der Waals surface area contributed by atoms with Gasteiger partial charge in [-0.05, 0) is 12.0 Å². The Bertz CT molecular complexity index is 390. The summed E-state index contributed by atoms with van der Waals surface area (Å²) in [4.78, 5) is 4.09. The fraction of sp³-hybridized carbons (Fsp3) is 0.538. The van der Waals surface area contributed by atoms with Gasteiger partial charge in [-0.25, -0.2) is 0 Å². The van der Waals surface area contributed by atoms with Crippen molar-refractivity contribution >= 4 is 5.84 Å². The molecule has 0 saturated carbocycles. The number of aromatic nitrogens is 1. The second kappa shape index (κ2) is 7.66. The first kappa shape index (κ1) is 14.4. The zero-order valence-corrected chi connectivity index (χ0v) is 11.0. The lowest BCUT2D eigenvalue weighted by atomic mass is 10.1. The van der Waals surface area contributed by atoms with Crippen molar-refractivity contribution in [3.05, 3.63) is 29.6 Å². The highest BCUT2D eigenvalue weighted by Gasteiger charge is 2.09. The zero-order valence-electron chi connectivity index (χ0n) is 11.0. The van der Waals surface area contributed by atoms with Crippen LogP contribution in [0.4, 0.5) is 0 Å². The molecule has 0 aliphatic rings. The van der Waals surface area contributed by atoms with Gasteiger partial charge >= 0.3 is 0 Å². The predicted molar refractivity (Wildman–Crippen MR) is 70.5 cm³/mol. The van der Waals surface area contributed by atoms with E-state index >= 15 is 0 Å². The molecular weight excluding hydrogens is 230 g/mol. The highest BCUT2D eigenvalue weighted by Crippen LogP contribution is 2.11. The van der Waals surface area contributed by atoms with Gasteiger partial charge in [0.15, 0.2) is 5.84 Å². The van der Waals surface area contributed by atoms with E-state index in [1.54, 1.807) is 6.20 Å². The zero-order chi connectivity index (χ0) is 13.4. The Kier molecular flexibility index (Phi) is 6.14. The third-order valence-corrected chi connectivity index (χ3v) is 3.01. The number of nitrogens with two attached hydrogens (primary N) is 1. The van der Waals surface area contributed by atoms with Crippen LogP contribution in [0.25, 0.3) is 0 Å². The minimum absolute atomic E-state index is 0.0109. The fourth-order valence-electron chi connectivity index (χ4n) is 1.69. The second-order valence-electron chi connectivity index (χ2n) is 4.19. The topological polar surface area (TPSA) is 80.7 Å². The molecule has 0 aliphatic heterocycles. The monoisotopic (exact) mass is 251 g/mol. The Morgan fingerprint density at radius 1 is 1.50 bits per heavy atom. The number of pyridine rings is 1. The molecule has 0 amide bonds. The highest BCUT2D eigenvalue weighted by atomic mass is 16.5. The average Bonchev–Trinajstić information content (AvgIpc) is 2.43. The van der Waals surface area contributed by atoms with Gasteiger partial charge in [0, 0.05) is 18.4 Å². The standard InChI is InChI=1S/C13H21N3O2/c1-3-10(4-2)8-18-9-11-6-5-7-15-12(11)13(14)16-17/h5-7,10,17H,3-4,8-9H2,1-2H3,(H2,14,16). The van der Waals surface area contributed by atoms with Crippen LogP contribution in [0.5, 0.6) is 0 Å². The van der Waals surface area contributed by atoms with E-state index < -0.39 is 0 Å². The maximum Gasteiger partial charge on any atom is 0.189 e. The molecule has 3 N–H and O–H groups in total. The summed E-state index contributed by atoms with van der Waals surface area (Å²) in [5, 5.41) is 11.7. The van der Waals surface area contributed by atoms with Gasteiger partial charge in [0.2, 0.25) is 0 Å². The van der Waals surface area contributed by atoms with Gasteiger partial charge in [-0.3, -0.25) is 4.98 Å². The highest BCUT2D eigenvalue weighted by molar-refractivity contribution is 5.96. The maximum absolute atomic E-state index is 8.68. The van der Waals surface area contributed by atoms with Crippen LogP contribution in [0.2, 0.25) is 0 Å². The van der Waals surface area contributed by atoms with Crippen molar-refractivity contribution in [3.63, 3.8) is 0 Å². The second-order valence-corrected chi connectivity index (χ2v) is 4.19. The summed E-state index contributed by atoms with van der Waals surface area (Å²) in [6.07, 6.45) is 3.82. The van der Waals surface area contributed by atoms with E-state index in [2.05, 4.69) is 24.0 Å². The van der Waals surface area contributed by atoms with Crippen molar-refractivity contribution in [2.45, 2.75) is 33.3 Å². The van der Waals surface area contributed by atoms with Gasteiger partial charge < -0.3 is 15.7 Å². The number of nitrogens with zero attached hydrogens (tertiary/aromatic N) is 2. The summed E-state index contributed by atoms with van der Waals surface area (Å²) in [6.45, 7) is 5.46. The average molecular weight is 251 g/mol. The molecule has 18 heavy (non-hydrogen) atoms. The smallest absolute Gasteiger partial charge is 0.189 e. The van der Waals surface area contributed by atoms with Crippen LogP contribution >= 0.6 is 0 Å². The van der Waals surface area contributed by atoms with Crippen molar-refractivity contribution in [1.82, 2.24) is 4.98 Å². The van der Waals surface area contributed by atoms with Crippen molar-refractivity contribution in [2.75, 3.05) is 6.61 Å². The number of rotatable bonds is 7. The Morgan fingerprint density at radius 3 is 2.83 bits per heavy atom. The minimum Gasteiger partial charge on any atom is -0.409 e. The SMILES string of the molecule is CCC(CC)COCc1cccnc1/C(N)=N/O. The predicted octanol–water partition coefficient (Wildman–Crippen LogP) is 2.13. The number of ether oxygens (including phenoxy) is 1. The number of amidine groups is 1. The molecule has 0 saturated heterocycles. The molecule has 5 heteroatoms. The largest absolute Gasteiger partial charge is 0.409 e. The number of hydrogen-bond acceptors (Lipinski definition) is 4. The molecule has 0 aromatic carbocycles. The Morgan fingerprint density at radius 2 is 2.22 bits per heavy atom. The lowest BCUT2D eigenvalue weighted by Gasteiger charge is -2.13. The van der Waals surface area contributed by atoms with Gasteiger partial charge in [-0.1, -0.05) is 37.9 Å².